The van der Waals surface area contributed by atoms with E-state index in [1.54, 1.807) is 12.1 Å². The van der Waals surface area contributed by atoms with Gasteiger partial charge in [0.05, 0.1) is 0 Å². The van der Waals surface area contributed by atoms with E-state index in [0.717, 1.165) is 17.8 Å². The molecular formula is C22H25FN2O. The van der Waals surface area contributed by atoms with E-state index in [1.807, 2.05) is 6.07 Å². The van der Waals surface area contributed by atoms with Crippen LogP contribution in [0.1, 0.15) is 59.9 Å². The Balaban J connectivity index is 1.65. The Morgan fingerprint density at radius 2 is 1.92 bits per heavy atom. The Hall–Kier alpha value is -2.07. The van der Waals surface area contributed by atoms with Gasteiger partial charge in [-0.1, -0.05) is 32.0 Å². The van der Waals surface area contributed by atoms with Crippen LogP contribution in [0.15, 0.2) is 36.4 Å². The molecule has 1 N–H and O–H groups in total. The minimum absolute atomic E-state index is 0.0413. The van der Waals surface area contributed by atoms with Crippen molar-refractivity contribution in [1.82, 2.24) is 10.3 Å². The number of nitrogens with zero attached hydrogens (tertiary/aromatic N) is 1. The molecule has 0 bridgehead atoms. The Labute approximate surface area is 154 Å². The molecule has 1 atom stereocenters. The van der Waals surface area contributed by atoms with Crippen LogP contribution in [0.25, 0.3) is 0 Å². The van der Waals surface area contributed by atoms with E-state index in [2.05, 4.69) is 25.2 Å². The predicted molar refractivity (Wildman–Crippen MR) is 99.9 cm³/mol. The van der Waals surface area contributed by atoms with Gasteiger partial charge in [0.15, 0.2) is 5.78 Å². The summed E-state index contributed by atoms with van der Waals surface area (Å²) in [7, 11) is 0. The number of hydrogen-bond acceptors (Lipinski definition) is 3. The highest BCUT2D eigenvalue weighted by Crippen LogP contribution is 2.42. The molecule has 3 nitrogen and oxygen atoms in total. The van der Waals surface area contributed by atoms with Crippen LogP contribution in [0.3, 0.4) is 0 Å². The van der Waals surface area contributed by atoms with Gasteiger partial charge in [-0.05, 0) is 53.5 Å². The summed E-state index contributed by atoms with van der Waals surface area (Å²) in [6, 6.07) is 10.5. The first-order valence-electron chi connectivity index (χ1n) is 9.43. The number of carbonyl (C=O) groups is 1. The van der Waals surface area contributed by atoms with Crippen LogP contribution in [0, 0.1) is 17.2 Å². The van der Waals surface area contributed by atoms with Gasteiger partial charge >= 0.3 is 0 Å². The number of Topliss-reactive ketones (excluding diaryl/α,β-unsaturated/α-hetero) is 1. The molecule has 26 heavy (non-hydrogen) atoms. The predicted octanol–water partition coefficient (Wildman–Crippen LogP) is 4.12. The van der Waals surface area contributed by atoms with E-state index >= 15 is 0 Å². The van der Waals surface area contributed by atoms with Crippen LogP contribution in [0.2, 0.25) is 0 Å². The van der Waals surface area contributed by atoms with Crippen molar-refractivity contribution in [1.29, 1.82) is 0 Å². The number of hydrogen-bond donors (Lipinski definition) is 1. The average Bonchev–Trinajstić information content (AvgIpc) is 3.39. The van der Waals surface area contributed by atoms with Crippen molar-refractivity contribution in [2.45, 2.75) is 39.0 Å². The number of carbonyl (C=O) groups excluding carboxylic acids is 1. The number of halogens is 1. The Morgan fingerprint density at radius 3 is 2.54 bits per heavy atom. The van der Waals surface area contributed by atoms with Gasteiger partial charge in [-0.2, -0.15) is 0 Å². The standard InChI is InChI=1S/C22H25FN2O/c1-22(2)13-24-12-18(22)21(26)19-10-9-17(15-5-6-15)20(25-19)11-14-3-7-16(23)8-4-14/h3-4,7-10,15,18,24H,5-6,11-13H2,1-2H3. The van der Waals surface area contributed by atoms with Gasteiger partial charge < -0.3 is 5.32 Å². The van der Waals surface area contributed by atoms with Gasteiger partial charge in [0, 0.05) is 31.1 Å². The van der Waals surface area contributed by atoms with Crippen LogP contribution in [-0.2, 0) is 6.42 Å². The third-order valence-electron chi connectivity index (χ3n) is 5.75. The molecule has 2 fully saturated rings. The number of ketones is 1. The maximum atomic E-state index is 13.2. The minimum Gasteiger partial charge on any atom is -0.315 e. The molecule has 1 saturated heterocycles. The molecule has 2 aromatic rings. The molecule has 1 aliphatic carbocycles. The van der Waals surface area contributed by atoms with Crippen molar-refractivity contribution in [3.63, 3.8) is 0 Å². The minimum atomic E-state index is -0.232. The lowest BCUT2D eigenvalue weighted by Gasteiger charge is -2.24. The van der Waals surface area contributed by atoms with Gasteiger partial charge in [0.25, 0.3) is 0 Å². The molecule has 0 spiro atoms. The highest BCUT2D eigenvalue weighted by atomic mass is 19.1. The van der Waals surface area contributed by atoms with E-state index in [9.17, 15) is 9.18 Å². The smallest absolute Gasteiger partial charge is 0.186 e. The van der Waals surface area contributed by atoms with Gasteiger partial charge in [0.2, 0.25) is 0 Å². The molecule has 4 heteroatoms. The first-order chi connectivity index (χ1) is 12.4. The molecule has 1 saturated carbocycles. The summed E-state index contributed by atoms with van der Waals surface area (Å²) in [6.45, 7) is 5.83. The molecule has 1 aliphatic heterocycles. The van der Waals surface area contributed by atoms with Crippen molar-refractivity contribution in [2.75, 3.05) is 13.1 Å². The molecule has 1 aromatic heterocycles. The molecule has 136 valence electrons. The third-order valence-corrected chi connectivity index (χ3v) is 5.75. The molecule has 2 aliphatic rings. The SMILES string of the molecule is CC1(C)CNCC1C(=O)c1ccc(C2CC2)c(Cc2ccc(F)cc2)n1. The maximum absolute atomic E-state index is 13.2. The third kappa shape index (κ3) is 3.43. The van der Waals surface area contributed by atoms with Crippen LogP contribution in [-0.4, -0.2) is 23.9 Å². The monoisotopic (exact) mass is 352 g/mol. The van der Waals surface area contributed by atoms with Gasteiger partial charge in [-0.15, -0.1) is 0 Å². The highest BCUT2D eigenvalue weighted by molar-refractivity contribution is 5.97. The van der Waals surface area contributed by atoms with E-state index in [0.29, 0.717) is 24.6 Å². The molecule has 1 unspecified atom stereocenters. The second-order valence-electron chi connectivity index (χ2n) is 8.35. The van der Waals surface area contributed by atoms with Crippen LogP contribution >= 0.6 is 0 Å². The fraction of sp³-hybridized carbons (Fsp3) is 0.455. The van der Waals surface area contributed by atoms with Crippen LogP contribution < -0.4 is 5.32 Å². The molecule has 0 radical (unpaired) electrons. The fourth-order valence-corrected chi connectivity index (χ4v) is 3.92. The number of aromatic nitrogens is 1. The lowest BCUT2D eigenvalue weighted by atomic mass is 9.78. The van der Waals surface area contributed by atoms with Crippen molar-refractivity contribution >= 4 is 5.78 Å². The number of nitrogens with one attached hydrogen (secondary N) is 1. The summed E-state index contributed by atoms with van der Waals surface area (Å²) in [5.74, 6) is 0.416. The number of rotatable bonds is 5. The van der Waals surface area contributed by atoms with E-state index in [4.69, 9.17) is 4.98 Å². The van der Waals surface area contributed by atoms with Crippen LogP contribution in [0.4, 0.5) is 4.39 Å². The summed E-state index contributed by atoms with van der Waals surface area (Å²) in [6.07, 6.45) is 3.01. The van der Waals surface area contributed by atoms with E-state index < -0.39 is 0 Å². The lowest BCUT2D eigenvalue weighted by molar-refractivity contribution is 0.0853. The molecule has 4 rings (SSSR count). The lowest BCUT2D eigenvalue weighted by Crippen LogP contribution is -2.30. The normalized spacial score (nSPS) is 21.7. The zero-order valence-electron chi connectivity index (χ0n) is 15.4. The number of benzene rings is 1. The van der Waals surface area contributed by atoms with E-state index in [-0.39, 0.29) is 22.9 Å². The molecular weight excluding hydrogens is 327 g/mol. The molecule has 1 aromatic carbocycles. The zero-order chi connectivity index (χ0) is 18.3. The average molecular weight is 352 g/mol. The van der Waals surface area contributed by atoms with Gasteiger partial charge in [0.1, 0.15) is 11.5 Å². The van der Waals surface area contributed by atoms with Crippen molar-refractivity contribution in [3.8, 4) is 0 Å². The zero-order valence-corrected chi connectivity index (χ0v) is 15.4. The topological polar surface area (TPSA) is 42.0 Å². The number of pyridine rings is 1. The van der Waals surface area contributed by atoms with Crippen molar-refractivity contribution in [2.24, 2.45) is 11.3 Å². The summed E-state index contributed by atoms with van der Waals surface area (Å²) < 4.78 is 13.2. The maximum Gasteiger partial charge on any atom is 0.186 e. The van der Waals surface area contributed by atoms with Crippen molar-refractivity contribution in [3.05, 3.63) is 64.7 Å². The summed E-state index contributed by atoms with van der Waals surface area (Å²) in [5.41, 5.74) is 3.75. The first-order valence-corrected chi connectivity index (χ1v) is 9.43. The summed E-state index contributed by atoms with van der Waals surface area (Å²) in [5, 5.41) is 3.33. The summed E-state index contributed by atoms with van der Waals surface area (Å²) >= 11 is 0. The highest BCUT2D eigenvalue weighted by Gasteiger charge is 2.40. The van der Waals surface area contributed by atoms with Gasteiger partial charge in [-0.3, -0.25) is 4.79 Å². The summed E-state index contributed by atoms with van der Waals surface area (Å²) in [4.78, 5) is 17.8. The molecule has 0 amide bonds. The van der Waals surface area contributed by atoms with Gasteiger partial charge in [-0.25, -0.2) is 9.37 Å². The fourth-order valence-electron chi connectivity index (χ4n) is 3.92. The van der Waals surface area contributed by atoms with Crippen LogP contribution in [0.5, 0.6) is 0 Å². The largest absolute Gasteiger partial charge is 0.315 e. The first kappa shape index (κ1) is 17.3. The molecule has 2 heterocycles. The van der Waals surface area contributed by atoms with Crippen molar-refractivity contribution < 1.29 is 9.18 Å². The second kappa shape index (κ2) is 6.58. The quantitative estimate of drug-likeness (QED) is 0.823. The second-order valence-corrected chi connectivity index (χ2v) is 8.35. The van der Waals surface area contributed by atoms with E-state index in [1.165, 1.54) is 30.5 Å². The Kier molecular flexibility index (Phi) is 4.39. The Bertz CT molecular complexity index is 825. The Morgan fingerprint density at radius 1 is 1.19 bits per heavy atom.